The third kappa shape index (κ3) is 5.88. The molecule has 148 valence electrons. The fraction of sp³-hybridized carbons (Fsp3) is 0.412. The number of hydrogen-bond donors (Lipinski definition) is 1. The number of carboxylic acids is 1. The van der Waals surface area contributed by atoms with Gasteiger partial charge in [0.1, 0.15) is 6.04 Å². The van der Waals surface area contributed by atoms with Crippen LogP contribution in [0.4, 0.5) is 0 Å². The lowest BCUT2D eigenvalue weighted by molar-refractivity contribution is -0.149. The fourth-order valence-electron chi connectivity index (χ4n) is 2.16. The molecule has 9 nitrogen and oxygen atoms in total. The smallest absolute Gasteiger partial charge is 0.305 e. The Morgan fingerprint density at radius 3 is 2.11 bits per heavy atom. The maximum atomic E-state index is 13.0. The van der Waals surface area contributed by atoms with Crippen LogP contribution in [-0.2, 0) is 33.9 Å². The molecule has 0 saturated heterocycles. The number of benzene rings is 1. The first-order valence-electron chi connectivity index (χ1n) is 7.99. The first kappa shape index (κ1) is 22.3. The average molecular weight is 399 g/mol. The molecule has 0 saturated carbocycles. The van der Waals surface area contributed by atoms with E-state index in [-0.39, 0.29) is 9.20 Å². The molecule has 1 atom stereocenters. The third-order valence-corrected chi connectivity index (χ3v) is 5.27. The molecule has 0 spiro atoms. The average Bonchev–Trinajstić information content (AvgIpc) is 2.59. The van der Waals surface area contributed by atoms with Crippen LogP contribution in [0.1, 0.15) is 27.2 Å². The van der Waals surface area contributed by atoms with E-state index in [2.05, 4.69) is 4.74 Å². The summed E-state index contributed by atoms with van der Waals surface area (Å²) in [4.78, 5) is 46.9. The van der Waals surface area contributed by atoms with Gasteiger partial charge >= 0.3 is 11.9 Å². The molecular formula is C17H21NO8S. The maximum Gasteiger partial charge on any atom is 0.305 e. The summed E-state index contributed by atoms with van der Waals surface area (Å²) in [5, 5.41) is 9.12. The van der Waals surface area contributed by atoms with Crippen molar-refractivity contribution in [3.8, 4) is 0 Å². The van der Waals surface area contributed by atoms with Gasteiger partial charge in [0, 0.05) is 12.8 Å². The summed E-state index contributed by atoms with van der Waals surface area (Å²) in [6.45, 7) is 3.03. The van der Waals surface area contributed by atoms with Gasteiger partial charge in [0.15, 0.2) is 12.4 Å². The Bertz CT molecular complexity index is 817. The van der Waals surface area contributed by atoms with E-state index in [1.54, 1.807) is 6.07 Å². The second kappa shape index (κ2) is 9.26. The summed E-state index contributed by atoms with van der Waals surface area (Å²) < 4.78 is 30.8. The summed E-state index contributed by atoms with van der Waals surface area (Å²) >= 11 is 0. The van der Waals surface area contributed by atoms with E-state index < -0.39 is 58.6 Å². The second-order valence-electron chi connectivity index (χ2n) is 5.97. The molecule has 1 aromatic carbocycles. The Kier molecular flexibility index (Phi) is 7.65. The van der Waals surface area contributed by atoms with Crippen molar-refractivity contribution in [2.75, 3.05) is 6.61 Å². The van der Waals surface area contributed by atoms with E-state index in [1.165, 1.54) is 38.1 Å². The van der Waals surface area contributed by atoms with Gasteiger partial charge in [-0.15, -0.1) is 0 Å². The third-order valence-electron chi connectivity index (χ3n) is 3.45. The number of rotatable bonds is 9. The van der Waals surface area contributed by atoms with Crippen LogP contribution in [0, 0.1) is 5.92 Å². The summed E-state index contributed by atoms with van der Waals surface area (Å²) in [6, 6.07) is 5.03. The molecule has 0 bridgehead atoms. The van der Waals surface area contributed by atoms with E-state index in [0.717, 1.165) is 6.92 Å². The van der Waals surface area contributed by atoms with Crippen LogP contribution in [0.3, 0.4) is 0 Å². The fourth-order valence-corrected chi connectivity index (χ4v) is 3.86. The lowest BCUT2D eigenvalue weighted by Gasteiger charge is -2.30. The summed E-state index contributed by atoms with van der Waals surface area (Å²) in [6.07, 6.45) is -0.954. The Hall–Kier alpha value is -2.75. The van der Waals surface area contributed by atoms with Gasteiger partial charge in [0.05, 0.1) is 11.3 Å². The number of carbonyl (C=O) groups excluding carboxylic acids is 3. The van der Waals surface area contributed by atoms with E-state index in [0.29, 0.717) is 0 Å². The van der Waals surface area contributed by atoms with Crippen LogP contribution < -0.4 is 0 Å². The van der Waals surface area contributed by atoms with E-state index in [1.807, 2.05) is 0 Å². The zero-order valence-electron chi connectivity index (χ0n) is 15.1. The van der Waals surface area contributed by atoms with Crippen LogP contribution in [0.25, 0.3) is 0 Å². The van der Waals surface area contributed by atoms with Crippen molar-refractivity contribution in [3.05, 3.63) is 30.3 Å². The summed E-state index contributed by atoms with van der Waals surface area (Å²) in [5.74, 6) is -5.07. The van der Waals surface area contributed by atoms with Crippen molar-refractivity contribution >= 4 is 33.7 Å². The van der Waals surface area contributed by atoms with Gasteiger partial charge in [0.2, 0.25) is 5.91 Å². The molecule has 1 unspecified atom stereocenters. The van der Waals surface area contributed by atoms with Crippen molar-refractivity contribution in [3.63, 3.8) is 0 Å². The summed E-state index contributed by atoms with van der Waals surface area (Å²) in [7, 11) is -4.51. The number of aliphatic carboxylic acids is 1. The minimum absolute atomic E-state index is 0.269. The standard InChI is InChI=1S/C17H21NO8S/c1-11(2)17(23)18(27(24,25)13-7-5-4-6-8-13)14(9-16(21)22)15(20)10-26-12(3)19/h4-8,11,14H,9-10H2,1-3H3,(H,21,22). The molecule has 10 heteroatoms. The maximum absolute atomic E-state index is 13.0. The van der Waals surface area contributed by atoms with Crippen molar-refractivity contribution in [1.82, 2.24) is 4.31 Å². The van der Waals surface area contributed by atoms with Crippen LogP contribution >= 0.6 is 0 Å². The van der Waals surface area contributed by atoms with Crippen molar-refractivity contribution in [2.24, 2.45) is 5.92 Å². The molecule has 1 amide bonds. The number of carboxylic acid groups (broad SMARTS) is 1. The molecule has 0 aromatic heterocycles. The molecule has 0 radical (unpaired) electrons. The largest absolute Gasteiger partial charge is 0.481 e. The normalized spacial score (nSPS) is 12.3. The number of amides is 1. The van der Waals surface area contributed by atoms with Gasteiger partial charge < -0.3 is 9.84 Å². The highest BCUT2D eigenvalue weighted by molar-refractivity contribution is 7.89. The minimum atomic E-state index is -4.51. The first-order chi connectivity index (χ1) is 12.5. The molecule has 0 aliphatic rings. The summed E-state index contributed by atoms with van der Waals surface area (Å²) in [5.41, 5.74) is 0. The number of nitrogens with zero attached hydrogens (tertiary/aromatic N) is 1. The van der Waals surface area contributed by atoms with Gasteiger partial charge in [-0.2, -0.15) is 0 Å². The molecule has 0 aliphatic carbocycles. The number of ether oxygens (including phenoxy) is 1. The molecule has 1 N–H and O–H groups in total. The van der Waals surface area contributed by atoms with Crippen molar-refractivity contribution < 1.29 is 37.4 Å². The molecule has 27 heavy (non-hydrogen) atoms. The Labute approximate surface area is 157 Å². The van der Waals surface area contributed by atoms with E-state index >= 15 is 0 Å². The van der Waals surface area contributed by atoms with Crippen LogP contribution in [0.2, 0.25) is 0 Å². The number of sulfonamides is 1. The molecule has 1 aromatic rings. The predicted molar refractivity (Wildman–Crippen MR) is 93.0 cm³/mol. The zero-order valence-corrected chi connectivity index (χ0v) is 15.9. The first-order valence-corrected chi connectivity index (χ1v) is 9.43. The number of esters is 1. The van der Waals surface area contributed by atoms with Crippen LogP contribution in [-0.4, -0.2) is 54.1 Å². The SMILES string of the molecule is CC(=O)OCC(=O)C(CC(=O)O)N(C(=O)C(C)C)S(=O)(=O)c1ccccc1. The second-order valence-corrected chi connectivity index (χ2v) is 7.78. The van der Waals surface area contributed by atoms with Crippen LogP contribution in [0.15, 0.2) is 35.2 Å². The molecule has 0 fully saturated rings. The highest BCUT2D eigenvalue weighted by Gasteiger charge is 2.41. The lowest BCUT2D eigenvalue weighted by Crippen LogP contribution is -2.51. The van der Waals surface area contributed by atoms with Gasteiger partial charge in [-0.1, -0.05) is 32.0 Å². The molecule has 1 rings (SSSR count). The Balaban J connectivity index is 3.48. The highest BCUT2D eigenvalue weighted by atomic mass is 32.2. The highest BCUT2D eigenvalue weighted by Crippen LogP contribution is 2.23. The quantitative estimate of drug-likeness (QED) is 0.603. The van der Waals surface area contributed by atoms with Gasteiger partial charge in [0.25, 0.3) is 10.0 Å². The Morgan fingerprint density at radius 2 is 1.67 bits per heavy atom. The van der Waals surface area contributed by atoms with Gasteiger partial charge in [-0.25, -0.2) is 12.7 Å². The zero-order chi connectivity index (χ0) is 20.8. The van der Waals surface area contributed by atoms with Crippen LogP contribution in [0.5, 0.6) is 0 Å². The number of hydrogen-bond acceptors (Lipinski definition) is 7. The minimum Gasteiger partial charge on any atom is -0.481 e. The van der Waals surface area contributed by atoms with Gasteiger partial charge in [-0.3, -0.25) is 19.2 Å². The molecular weight excluding hydrogens is 378 g/mol. The van der Waals surface area contributed by atoms with Gasteiger partial charge in [-0.05, 0) is 12.1 Å². The predicted octanol–water partition coefficient (Wildman–Crippen LogP) is 0.835. The van der Waals surface area contributed by atoms with E-state index in [4.69, 9.17) is 5.11 Å². The monoisotopic (exact) mass is 399 g/mol. The topological polar surface area (TPSA) is 135 Å². The van der Waals surface area contributed by atoms with Crippen molar-refractivity contribution in [1.29, 1.82) is 0 Å². The molecule has 0 aliphatic heterocycles. The number of ketones is 1. The number of Topliss-reactive ketones (excluding diaryl/α,β-unsaturated/α-hetero) is 1. The Morgan fingerprint density at radius 1 is 1.11 bits per heavy atom. The van der Waals surface area contributed by atoms with Crippen molar-refractivity contribution in [2.45, 2.75) is 38.1 Å². The van der Waals surface area contributed by atoms with E-state index in [9.17, 15) is 27.6 Å². The lowest BCUT2D eigenvalue weighted by atomic mass is 10.1. The molecule has 0 heterocycles. The number of carbonyl (C=O) groups is 4.